The third kappa shape index (κ3) is 3.35. The van der Waals surface area contributed by atoms with Crippen molar-refractivity contribution < 1.29 is 0 Å². The molecule has 0 saturated heterocycles. The summed E-state index contributed by atoms with van der Waals surface area (Å²) in [5.74, 6) is 0. The fourth-order valence-electron chi connectivity index (χ4n) is 2.80. The number of hydrogen-bond donors (Lipinski definition) is 0. The molecule has 0 heterocycles. The van der Waals surface area contributed by atoms with Crippen molar-refractivity contribution in [3.63, 3.8) is 0 Å². The second-order valence-electron chi connectivity index (χ2n) is 5.71. The molecule has 0 heteroatoms. The predicted molar refractivity (Wildman–Crippen MR) is 95.8 cm³/mol. The molecule has 0 bridgehead atoms. The van der Waals surface area contributed by atoms with Crippen molar-refractivity contribution in [2.45, 2.75) is 13.8 Å². The highest BCUT2D eigenvalue weighted by Crippen LogP contribution is 2.27. The minimum absolute atomic E-state index is 1.22. The summed E-state index contributed by atoms with van der Waals surface area (Å²) in [7, 11) is 0. The van der Waals surface area contributed by atoms with E-state index in [2.05, 4.69) is 98.8 Å². The zero-order chi connectivity index (χ0) is 15.4. The van der Waals surface area contributed by atoms with Crippen LogP contribution in [0.5, 0.6) is 0 Å². The fourth-order valence-corrected chi connectivity index (χ4v) is 2.80. The van der Waals surface area contributed by atoms with E-state index in [0.717, 1.165) is 0 Å². The Morgan fingerprint density at radius 1 is 0.636 bits per heavy atom. The van der Waals surface area contributed by atoms with Crippen LogP contribution in [0.4, 0.5) is 0 Å². The average Bonchev–Trinajstić information content (AvgIpc) is 2.53. The Morgan fingerprint density at radius 3 is 1.77 bits per heavy atom. The van der Waals surface area contributed by atoms with E-state index in [4.69, 9.17) is 0 Å². The van der Waals surface area contributed by atoms with E-state index in [1.54, 1.807) is 0 Å². The second-order valence-corrected chi connectivity index (χ2v) is 5.71. The third-order valence-electron chi connectivity index (χ3n) is 3.73. The van der Waals surface area contributed by atoms with Crippen LogP contribution in [0, 0.1) is 13.8 Å². The summed E-state index contributed by atoms with van der Waals surface area (Å²) in [5.41, 5.74) is 7.60. The Hall–Kier alpha value is -2.60. The molecule has 0 spiro atoms. The van der Waals surface area contributed by atoms with Gasteiger partial charge in [-0.15, -0.1) is 0 Å². The zero-order valence-corrected chi connectivity index (χ0v) is 13.1. The maximum Gasteiger partial charge on any atom is -0.0105 e. The van der Waals surface area contributed by atoms with Gasteiger partial charge in [0.25, 0.3) is 0 Å². The Balaban J connectivity index is 2.17. The van der Waals surface area contributed by atoms with Gasteiger partial charge in [0.15, 0.2) is 0 Å². The van der Waals surface area contributed by atoms with Crippen molar-refractivity contribution >= 4 is 11.6 Å². The number of hydrogen-bond acceptors (Lipinski definition) is 0. The van der Waals surface area contributed by atoms with Gasteiger partial charge in [-0.1, -0.05) is 90.0 Å². The quantitative estimate of drug-likeness (QED) is 0.526. The van der Waals surface area contributed by atoms with E-state index in [1.807, 2.05) is 0 Å². The first-order valence-corrected chi connectivity index (χ1v) is 7.63. The highest BCUT2D eigenvalue weighted by atomic mass is 14.1. The van der Waals surface area contributed by atoms with Crippen LogP contribution >= 0.6 is 0 Å². The lowest BCUT2D eigenvalue weighted by atomic mass is 9.93. The molecule has 3 aromatic carbocycles. The molecule has 0 unspecified atom stereocenters. The largest absolute Gasteiger partial charge is 0.0622 e. The smallest absolute Gasteiger partial charge is 0.0105 e. The molecule has 0 amide bonds. The normalized spacial score (nSPS) is 11.5. The number of benzene rings is 3. The van der Waals surface area contributed by atoms with Crippen LogP contribution in [-0.4, -0.2) is 0 Å². The summed E-state index contributed by atoms with van der Waals surface area (Å²) in [4.78, 5) is 0. The molecule has 0 aliphatic rings. The minimum Gasteiger partial charge on any atom is -0.0622 e. The maximum absolute atomic E-state index is 2.27. The van der Waals surface area contributed by atoms with Gasteiger partial charge in [-0.05, 0) is 42.2 Å². The highest BCUT2D eigenvalue weighted by molar-refractivity contribution is 5.91. The number of rotatable bonds is 3. The van der Waals surface area contributed by atoms with E-state index in [9.17, 15) is 0 Å². The molecule has 0 radical (unpaired) electrons. The Bertz CT molecular complexity index is 761. The van der Waals surface area contributed by atoms with Gasteiger partial charge < -0.3 is 0 Å². The van der Waals surface area contributed by atoms with Gasteiger partial charge in [0.2, 0.25) is 0 Å². The SMILES string of the molecule is Cc1cc(C)cc(/C(=C\c2ccccc2)c2ccccc2)c1. The van der Waals surface area contributed by atoms with Gasteiger partial charge in [0.1, 0.15) is 0 Å². The van der Waals surface area contributed by atoms with Crippen molar-refractivity contribution in [3.05, 3.63) is 107 Å². The van der Waals surface area contributed by atoms with E-state index >= 15 is 0 Å². The molecule has 0 fully saturated rings. The van der Waals surface area contributed by atoms with Crippen LogP contribution in [-0.2, 0) is 0 Å². The Morgan fingerprint density at radius 2 is 1.18 bits per heavy atom. The standard InChI is InChI=1S/C22H20/c1-17-13-18(2)15-21(14-17)22(20-11-7-4-8-12-20)16-19-9-5-3-6-10-19/h3-16H,1-2H3/b22-16-. The molecule has 0 aliphatic heterocycles. The average molecular weight is 284 g/mol. The van der Waals surface area contributed by atoms with Crippen LogP contribution in [0.1, 0.15) is 27.8 Å². The third-order valence-corrected chi connectivity index (χ3v) is 3.73. The molecule has 108 valence electrons. The van der Waals surface area contributed by atoms with Crippen molar-refractivity contribution in [2.24, 2.45) is 0 Å². The maximum atomic E-state index is 2.27. The molecular weight excluding hydrogens is 264 g/mol. The van der Waals surface area contributed by atoms with Crippen LogP contribution in [0.3, 0.4) is 0 Å². The lowest BCUT2D eigenvalue weighted by Gasteiger charge is -2.11. The molecule has 3 aromatic rings. The molecule has 0 nitrogen and oxygen atoms in total. The molecule has 0 saturated carbocycles. The summed E-state index contributed by atoms with van der Waals surface area (Å²) >= 11 is 0. The summed E-state index contributed by atoms with van der Waals surface area (Å²) in [6.45, 7) is 4.31. The van der Waals surface area contributed by atoms with E-state index in [1.165, 1.54) is 33.4 Å². The van der Waals surface area contributed by atoms with E-state index in [-0.39, 0.29) is 0 Å². The lowest BCUT2D eigenvalue weighted by Crippen LogP contribution is -1.91. The van der Waals surface area contributed by atoms with Gasteiger partial charge >= 0.3 is 0 Å². The molecule has 0 aromatic heterocycles. The summed E-state index contributed by atoms with van der Waals surface area (Å²) in [6.07, 6.45) is 2.27. The minimum atomic E-state index is 1.22. The summed E-state index contributed by atoms with van der Waals surface area (Å²) < 4.78 is 0. The molecular formula is C22H20. The van der Waals surface area contributed by atoms with Crippen molar-refractivity contribution in [3.8, 4) is 0 Å². The van der Waals surface area contributed by atoms with Crippen LogP contribution < -0.4 is 0 Å². The first kappa shape index (κ1) is 14.3. The van der Waals surface area contributed by atoms with Gasteiger partial charge in [-0.25, -0.2) is 0 Å². The van der Waals surface area contributed by atoms with Gasteiger partial charge in [-0.3, -0.25) is 0 Å². The fraction of sp³-hybridized carbons (Fsp3) is 0.0909. The van der Waals surface area contributed by atoms with Gasteiger partial charge in [-0.2, -0.15) is 0 Å². The predicted octanol–water partition coefficient (Wildman–Crippen LogP) is 5.89. The zero-order valence-electron chi connectivity index (χ0n) is 13.1. The Labute approximate surface area is 132 Å². The van der Waals surface area contributed by atoms with Gasteiger partial charge in [0, 0.05) is 0 Å². The van der Waals surface area contributed by atoms with E-state index < -0.39 is 0 Å². The molecule has 0 aliphatic carbocycles. The van der Waals surface area contributed by atoms with Crippen molar-refractivity contribution in [1.82, 2.24) is 0 Å². The molecule has 22 heavy (non-hydrogen) atoms. The van der Waals surface area contributed by atoms with E-state index in [0.29, 0.717) is 0 Å². The van der Waals surface area contributed by atoms with Crippen LogP contribution in [0.2, 0.25) is 0 Å². The number of aryl methyl sites for hydroxylation is 2. The summed E-state index contributed by atoms with van der Waals surface area (Å²) in [5, 5.41) is 0. The Kier molecular flexibility index (Phi) is 4.20. The van der Waals surface area contributed by atoms with Gasteiger partial charge in [0.05, 0.1) is 0 Å². The van der Waals surface area contributed by atoms with Crippen LogP contribution in [0.25, 0.3) is 11.6 Å². The lowest BCUT2D eigenvalue weighted by molar-refractivity contribution is 1.36. The molecule has 3 rings (SSSR count). The monoisotopic (exact) mass is 284 g/mol. The van der Waals surface area contributed by atoms with Crippen molar-refractivity contribution in [1.29, 1.82) is 0 Å². The van der Waals surface area contributed by atoms with Crippen molar-refractivity contribution in [2.75, 3.05) is 0 Å². The molecule has 0 N–H and O–H groups in total. The topological polar surface area (TPSA) is 0 Å². The highest BCUT2D eigenvalue weighted by Gasteiger charge is 2.06. The first-order chi connectivity index (χ1) is 10.7. The first-order valence-electron chi connectivity index (χ1n) is 7.63. The second kappa shape index (κ2) is 6.44. The molecule has 0 atom stereocenters. The summed E-state index contributed by atoms with van der Waals surface area (Å²) in [6, 6.07) is 27.8. The van der Waals surface area contributed by atoms with Crippen LogP contribution in [0.15, 0.2) is 78.9 Å².